The number of nitrogens with zero attached hydrogens (tertiary/aromatic N) is 1. The second-order valence-corrected chi connectivity index (χ2v) is 8.08. The molecule has 3 aliphatic rings. The van der Waals surface area contributed by atoms with Gasteiger partial charge in [0, 0.05) is 19.0 Å². The number of fused-ring (bicyclic) bond motifs is 1. The van der Waals surface area contributed by atoms with Gasteiger partial charge in [0.15, 0.2) is 0 Å². The number of likely N-dealkylation sites (tertiary alicyclic amines) is 1. The first-order valence-corrected chi connectivity index (χ1v) is 10.5. The summed E-state index contributed by atoms with van der Waals surface area (Å²) in [4.78, 5) is 26.2. The van der Waals surface area contributed by atoms with Crippen molar-refractivity contribution < 1.29 is 28.5 Å². The van der Waals surface area contributed by atoms with Gasteiger partial charge in [-0.15, -0.1) is 0 Å². The van der Waals surface area contributed by atoms with Gasteiger partial charge in [0.1, 0.15) is 24.1 Å². The number of hydrogen-bond donors (Lipinski definition) is 0. The van der Waals surface area contributed by atoms with Crippen LogP contribution in [-0.4, -0.2) is 68.5 Å². The van der Waals surface area contributed by atoms with Gasteiger partial charge in [-0.2, -0.15) is 0 Å². The number of esters is 1. The molecule has 0 bridgehead atoms. The molecule has 1 saturated carbocycles. The van der Waals surface area contributed by atoms with E-state index in [1.165, 1.54) is 13.5 Å². The molecular formula is C22H29NO6. The van der Waals surface area contributed by atoms with Crippen molar-refractivity contribution in [2.24, 2.45) is 5.92 Å². The van der Waals surface area contributed by atoms with Crippen LogP contribution in [0, 0.1) is 5.92 Å². The maximum Gasteiger partial charge on any atom is 0.337 e. The third kappa shape index (κ3) is 4.73. The van der Waals surface area contributed by atoms with E-state index in [2.05, 4.69) is 0 Å². The first-order valence-electron chi connectivity index (χ1n) is 10.5. The van der Waals surface area contributed by atoms with Crippen LogP contribution < -0.4 is 4.74 Å². The molecule has 0 spiro atoms. The Morgan fingerprint density at radius 2 is 1.59 bits per heavy atom. The summed E-state index contributed by atoms with van der Waals surface area (Å²) in [5.74, 6) is 0.715. The molecule has 4 rings (SSSR count). The molecule has 3 fully saturated rings. The molecule has 2 saturated heterocycles. The quantitative estimate of drug-likeness (QED) is 0.719. The molecule has 1 aromatic carbocycles. The van der Waals surface area contributed by atoms with Gasteiger partial charge < -0.3 is 23.8 Å². The van der Waals surface area contributed by atoms with Gasteiger partial charge >= 0.3 is 5.97 Å². The summed E-state index contributed by atoms with van der Waals surface area (Å²) < 4.78 is 22.7. The zero-order valence-corrected chi connectivity index (χ0v) is 16.9. The molecule has 1 amide bonds. The number of methoxy groups -OCH3 is 1. The fourth-order valence-corrected chi connectivity index (χ4v) is 4.41. The molecule has 158 valence electrons. The summed E-state index contributed by atoms with van der Waals surface area (Å²) >= 11 is 0. The smallest absolute Gasteiger partial charge is 0.337 e. The lowest BCUT2D eigenvalue weighted by molar-refractivity contribution is -0.136. The monoisotopic (exact) mass is 403 g/mol. The van der Waals surface area contributed by atoms with Crippen LogP contribution in [-0.2, 0) is 19.0 Å². The molecule has 1 aliphatic carbocycles. The Kier molecular flexibility index (Phi) is 6.35. The van der Waals surface area contributed by atoms with Gasteiger partial charge in [0.05, 0.1) is 25.9 Å². The van der Waals surface area contributed by atoms with Crippen LogP contribution >= 0.6 is 0 Å². The first kappa shape index (κ1) is 20.2. The van der Waals surface area contributed by atoms with Gasteiger partial charge in [-0.05, 0) is 37.1 Å². The van der Waals surface area contributed by atoms with E-state index < -0.39 is 0 Å². The highest BCUT2D eigenvalue weighted by Gasteiger charge is 2.41. The van der Waals surface area contributed by atoms with E-state index in [1.54, 1.807) is 24.3 Å². The van der Waals surface area contributed by atoms with Gasteiger partial charge in [0.25, 0.3) is 0 Å². The molecule has 0 aromatic heterocycles. The zero-order valence-electron chi connectivity index (χ0n) is 16.9. The molecule has 0 radical (unpaired) electrons. The lowest BCUT2D eigenvalue weighted by Crippen LogP contribution is -2.37. The number of benzene rings is 1. The van der Waals surface area contributed by atoms with Crippen molar-refractivity contribution in [3.05, 3.63) is 29.8 Å². The van der Waals surface area contributed by atoms with Crippen molar-refractivity contribution >= 4 is 11.9 Å². The number of ether oxygens (including phenoxy) is 4. The third-order valence-electron chi connectivity index (χ3n) is 6.05. The average Bonchev–Trinajstić information content (AvgIpc) is 3.09. The lowest BCUT2D eigenvalue weighted by atomic mass is 9.88. The number of amides is 1. The van der Waals surface area contributed by atoms with Crippen LogP contribution in [0.3, 0.4) is 0 Å². The minimum atomic E-state index is -0.377. The van der Waals surface area contributed by atoms with E-state index in [-0.39, 0.29) is 36.1 Å². The molecule has 2 heterocycles. The molecule has 1 aromatic rings. The van der Waals surface area contributed by atoms with Crippen LogP contribution in [0.5, 0.6) is 5.75 Å². The van der Waals surface area contributed by atoms with Crippen LogP contribution in [0.15, 0.2) is 24.3 Å². The van der Waals surface area contributed by atoms with Gasteiger partial charge in [-0.3, -0.25) is 4.79 Å². The molecule has 0 N–H and O–H groups in total. The molecule has 2 atom stereocenters. The van der Waals surface area contributed by atoms with Crippen LogP contribution in [0.25, 0.3) is 0 Å². The highest BCUT2D eigenvalue weighted by Crippen LogP contribution is 2.29. The minimum absolute atomic E-state index is 0.0992. The van der Waals surface area contributed by atoms with Crippen LogP contribution in [0.2, 0.25) is 0 Å². The number of carbonyl (C=O) groups is 2. The molecular weight excluding hydrogens is 374 g/mol. The topological polar surface area (TPSA) is 74.3 Å². The summed E-state index contributed by atoms with van der Waals surface area (Å²) in [7, 11) is 1.35. The fraction of sp³-hybridized carbons (Fsp3) is 0.636. The summed E-state index contributed by atoms with van der Waals surface area (Å²) in [6.07, 6.45) is 5.15. The van der Waals surface area contributed by atoms with E-state index in [4.69, 9.17) is 18.9 Å². The predicted molar refractivity (Wildman–Crippen MR) is 105 cm³/mol. The standard InChI is InChI=1S/C22H29NO6/c1-26-22(25)16-7-9-17(10-8-16)29-18-13-27-19-11-23(12-20(19)28-14-18)21(24)15-5-3-2-4-6-15/h7-10,15,18-20H,2-6,11-14H2,1H3/t19-,20-/m0/s1. The lowest BCUT2D eigenvalue weighted by Gasteiger charge is -2.26. The van der Waals surface area contributed by atoms with Crippen molar-refractivity contribution in [1.29, 1.82) is 0 Å². The van der Waals surface area contributed by atoms with Crippen molar-refractivity contribution in [2.45, 2.75) is 50.4 Å². The summed E-state index contributed by atoms with van der Waals surface area (Å²) in [6, 6.07) is 6.82. The van der Waals surface area contributed by atoms with E-state index in [0.29, 0.717) is 37.6 Å². The maximum absolute atomic E-state index is 12.8. The molecule has 7 nitrogen and oxygen atoms in total. The Hall–Kier alpha value is -2.12. The Morgan fingerprint density at radius 1 is 0.966 bits per heavy atom. The Balaban J connectivity index is 1.28. The van der Waals surface area contributed by atoms with E-state index >= 15 is 0 Å². The van der Waals surface area contributed by atoms with Crippen molar-refractivity contribution in [3.63, 3.8) is 0 Å². The highest BCUT2D eigenvalue weighted by atomic mass is 16.6. The first-order chi connectivity index (χ1) is 14.1. The number of hydrogen-bond acceptors (Lipinski definition) is 6. The summed E-state index contributed by atoms with van der Waals surface area (Å²) in [6.45, 7) is 2.01. The Labute approximate surface area is 171 Å². The average molecular weight is 403 g/mol. The summed E-state index contributed by atoms with van der Waals surface area (Å²) in [5, 5.41) is 0. The van der Waals surface area contributed by atoms with E-state index in [1.807, 2.05) is 4.90 Å². The maximum atomic E-state index is 12.8. The normalized spacial score (nSPS) is 25.9. The van der Waals surface area contributed by atoms with Crippen LogP contribution in [0.1, 0.15) is 42.5 Å². The molecule has 2 aliphatic heterocycles. The second-order valence-electron chi connectivity index (χ2n) is 8.08. The third-order valence-corrected chi connectivity index (χ3v) is 6.05. The van der Waals surface area contributed by atoms with Crippen LogP contribution in [0.4, 0.5) is 0 Å². The summed E-state index contributed by atoms with van der Waals surface area (Å²) in [5.41, 5.74) is 0.477. The second kappa shape index (κ2) is 9.13. The van der Waals surface area contributed by atoms with Gasteiger partial charge in [-0.1, -0.05) is 19.3 Å². The largest absolute Gasteiger partial charge is 0.486 e. The van der Waals surface area contributed by atoms with E-state index in [9.17, 15) is 9.59 Å². The highest BCUT2D eigenvalue weighted by molar-refractivity contribution is 5.89. The Bertz CT molecular complexity index is 699. The van der Waals surface area contributed by atoms with Crippen molar-refractivity contribution in [3.8, 4) is 5.75 Å². The van der Waals surface area contributed by atoms with Crippen molar-refractivity contribution in [1.82, 2.24) is 4.90 Å². The fourth-order valence-electron chi connectivity index (χ4n) is 4.41. The molecule has 7 heteroatoms. The van der Waals surface area contributed by atoms with Gasteiger partial charge in [-0.25, -0.2) is 4.79 Å². The zero-order chi connectivity index (χ0) is 20.2. The molecule has 29 heavy (non-hydrogen) atoms. The van der Waals surface area contributed by atoms with Crippen molar-refractivity contribution in [2.75, 3.05) is 33.4 Å². The minimum Gasteiger partial charge on any atom is -0.486 e. The SMILES string of the molecule is COC(=O)c1ccc(OC2CO[C@H]3CN(C(=O)C4CCCCC4)C[C@@H]3OC2)cc1. The van der Waals surface area contributed by atoms with Gasteiger partial charge in [0.2, 0.25) is 5.91 Å². The van der Waals surface area contributed by atoms with E-state index in [0.717, 1.165) is 25.7 Å². The predicted octanol–water partition coefficient (Wildman–Crippen LogP) is 2.43. The Morgan fingerprint density at radius 3 is 2.17 bits per heavy atom. The number of carbonyl (C=O) groups excluding carboxylic acids is 2. The number of rotatable bonds is 4. The molecule has 0 unspecified atom stereocenters.